The van der Waals surface area contributed by atoms with Gasteiger partial charge in [0, 0.05) is 5.92 Å². The Balaban J connectivity index is 2.61. The van der Waals surface area contributed by atoms with Gasteiger partial charge in [0.15, 0.2) is 5.60 Å². The van der Waals surface area contributed by atoms with Crippen LogP contribution in [-0.4, -0.2) is 11.2 Å². The molecule has 0 aliphatic carbocycles. The molecule has 0 spiro atoms. The molecule has 11 heavy (non-hydrogen) atoms. The van der Waals surface area contributed by atoms with Crippen LogP contribution in [0.4, 0.5) is 0 Å². The molecule has 1 fully saturated rings. The quantitative estimate of drug-likeness (QED) is 0.383. The van der Waals surface area contributed by atoms with E-state index in [0.29, 0.717) is 5.92 Å². The van der Waals surface area contributed by atoms with Gasteiger partial charge in [-0.15, -0.1) is 0 Å². The van der Waals surface area contributed by atoms with E-state index in [-0.39, 0.29) is 11.2 Å². The molecular weight excluding hydrogens is 136 g/mol. The van der Waals surface area contributed by atoms with E-state index >= 15 is 0 Å². The third-order valence-electron chi connectivity index (χ3n) is 2.17. The van der Waals surface area contributed by atoms with Crippen LogP contribution in [0, 0.1) is 17.8 Å². The van der Waals surface area contributed by atoms with Crippen molar-refractivity contribution in [1.29, 1.82) is 0 Å². The summed E-state index contributed by atoms with van der Waals surface area (Å²) in [5.74, 6) is 6.72. The number of ether oxygens (including phenoxy) is 1. The fourth-order valence-corrected chi connectivity index (χ4v) is 0.943. The Kier molecular flexibility index (Phi) is 1.76. The molecule has 0 amide bonds. The molecule has 0 aromatic heterocycles. The maximum Gasteiger partial charge on any atom is 0.154 e. The van der Waals surface area contributed by atoms with Gasteiger partial charge in [-0.2, -0.15) is 0 Å². The zero-order chi connectivity index (χ0) is 8.70. The maximum absolute atomic E-state index is 5.47. The first-order chi connectivity index (χ1) is 4.87. The van der Waals surface area contributed by atoms with Gasteiger partial charge in [-0.1, -0.05) is 25.7 Å². The van der Waals surface area contributed by atoms with E-state index in [0.717, 1.165) is 0 Å². The predicted molar refractivity (Wildman–Crippen MR) is 46.2 cm³/mol. The zero-order valence-electron chi connectivity index (χ0n) is 7.99. The van der Waals surface area contributed by atoms with Gasteiger partial charge in [-0.3, -0.25) is 0 Å². The van der Waals surface area contributed by atoms with Gasteiger partial charge in [0.2, 0.25) is 0 Å². The third-order valence-corrected chi connectivity index (χ3v) is 2.17. The van der Waals surface area contributed by atoms with Crippen molar-refractivity contribution in [3.8, 4) is 11.8 Å². The molecule has 0 radical (unpaired) electrons. The lowest BCUT2D eigenvalue weighted by molar-refractivity contribution is 0.311. The SMILES string of the molecule is CC(C)C#CC1(C)OC1(C)C. The van der Waals surface area contributed by atoms with Crippen molar-refractivity contribution in [2.45, 2.75) is 45.8 Å². The lowest BCUT2D eigenvalue weighted by atomic mass is 9.98. The van der Waals surface area contributed by atoms with Crippen LogP contribution in [0.3, 0.4) is 0 Å². The van der Waals surface area contributed by atoms with Crippen molar-refractivity contribution in [3.05, 3.63) is 0 Å². The molecule has 1 saturated heterocycles. The summed E-state index contributed by atoms with van der Waals surface area (Å²) in [5, 5.41) is 0. The maximum atomic E-state index is 5.47. The minimum atomic E-state index is -0.183. The summed E-state index contributed by atoms with van der Waals surface area (Å²) in [6.45, 7) is 10.4. The summed E-state index contributed by atoms with van der Waals surface area (Å²) < 4.78 is 5.47. The van der Waals surface area contributed by atoms with Gasteiger partial charge >= 0.3 is 0 Å². The fraction of sp³-hybridized carbons (Fsp3) is 0.800. The molecule has 1 aliphatic heterocycles. The molecule has 62 valence electrons. The molecule has 1 heterocycles. The Morgan fingerprint density at radius 3 is 1.91 bits per heavy atom. The Bertz CT molecular complexity index is 217. The second-order valence-electron chi connectivity index (χ2n) is 4.07. The first-order valence-electron chi connectivity index (χ1n) is 4.10. The van der Waals surface area contributed by atoms with Crippen LogP contribution >= 0.6 is 0 Å². The number of hydrogen-bond donors (Lipinski definition) is 0. The normalized spacial score (nSPS) is 32.9. The summed E-state index contributed by atoms with van der Waals surface area (Å²) in [7, 11) is 0. The minimum absolute atomic E-state index is 0.0328. The predicted octanol–water partition coefficient (Wildman–Crippen LogP) is 2.21. The first-order valence-corrected chi connectivity index (χ1v) is 4.10. The zero-order valence-corrected chi connectivity index (χ0v) is 7.99. The van der Waals surface area contributed by atoms with Crippen LogP contribution in [0.5, 0.6) is 0 Å². The molecular formula is C10H16O. The van der Waals surface area contributed by atoms with Gasteiger partial charge in [0.1, 0.15) is 5.60 Å². The topological polar surface area (TPSA) is 12.5 Å². The Hall–Kier alpha value is -0.480. The number of hydrogen-bond acceptors (Lipinski definition) is 1. The van der Waals surface area contributed by atoms with Crippen LogP contribution in [0.25, 0.3) is 0 Å². The molecule has 1 heteroatoms. The lowest BCUT2D eigenvalue weighted by Crippen LogP contribution is -2.13. The lowest BCUT2D eigenvalue weighted by Gasteiger charge is -1.97. The average molecular weight is 152 g/mol. The molecule has 0 saturated carbocycles. The third kappa shape index (κ3) is 1.57. The highest BCUT2D eigenvalue weighted by molar-refractivity contribution is 5.28. The molecule has 1 rings (SSSR count). The van der Waals surface area contributed by atoms with Gasteiger partial charge in [0.05, 0.1) is 0 Å². The molecule has 1 nitrogen and oxygen atoms in total. The van der Waals surface area contributed by atoms with Gasteiger partial charge < -0.3 is 4.74 Å². The highest BCUT2D eigenvalue weighted by Crippen LogP contribution is 2.46. The van der Waals surface area contributed by atoms with Crippen LogP contribution < -0.4 is 0 Å². The van der Waals surface area contributed by atoms with Gasteiger partial charge in [-0.25, -0.2) is 0 Å². The van der Waals surface area contributed by atoms with Crippen molar-refractivity contribution < 1.29 is 4.74 Å². The summed E-state index contributed by atoms with van der Waals surface area (Å²) in [6.07, 6.45) is 0. The van der Waals surface area contributed by atoms with Gasteiger partial charge in [0.25, 0.3) is 0 Å². The summed E-state index contributed by atoms with van der Waals surface area (Å²) in [4.78, 5) is 0. The van der Waals surface area contributed by atoms with E-state index in [1.165, 1.54) is 0 Å². The number of rotatable bonds is 0. The van der Waals surface area contributed by atoms with Crippen molar-refractivity contribution in [2.75, 3.05) is 0 Å². The highest BCUT2D eigenvalue weighted by Gasteiger charge is 2.59. The molecule has 0 aromatic carbocycles. The molecule has 0 N–H and O–H groups in total. The van der Waals surface area contributed by atoms with Crippen LogP contribution in [0.15, 0.2) is 0 Å². The standard InChI is InChI=1S/C10H16O/c1-8(2)6-7-10(5)9(3,4)11-10/h8H,1-5H3. The average Bonchev–Trinajstić information content (AvgIpc) is 2.29. The van der Waals surface area contributed by atoms with Crippen molar-refractivity contribution in [1.82, 2.24) is 0 Å². The first kappa shape index (κ1) is 8.62. The van der Waals surface area contributed by atoms with E-state index in [4.69, 9.17) is 4.74 Å². The highest BCUT2D eigenvalue weighted by atomic mass is 16.6. The van der Waals surface area contributed by atoms with Crippen LogP contribution in [0.1, 0.15) is 34.6 Å². The van der Waals surface area contributed by atoms with Gasteiger partial charge in [-0.05, 0) is 20.8 Å². The van der Waals surface area contributed by atoms with Crippen molar-refractivity contribution in [3.63, 3.8) is 0 Å². The summed E-state index contributed by atoms with van der Waals surface area (Å²) >= 11 is 0. The van der Waals surface area contributed by atoms with E-state index < -0.39 is 0 Å². The van der Waals surface area contributed by atoms with E-state index in [1.54, 1.807) is 0 Å². The van der Waals surface area contributed by atoms with E-state index in [2.05, 4.69) is 39.5 Å². The molecule has 0 aromatic rings. The smallest absolute Gasteiger partial charge is 0.154 e. The Morgan fingerprint density at radius 1 is 1.18 bits per heavy atom. The largest absolute Gasteiger partial charge is 0.350 e. The fourth-order valence-electron chi connectivity index (χ4n) is 0.943. The second kappa shape index (κ2) is 2.25. The minimum Gasteiger partial charge on any atom is -0.350 e. The summed E-state index contributed by atoms with van der Waals surface area (Å²) in [5.41, 5.74) is -0.216. The van der Waals surface area contributed by atoms with Crippen LogP contribution in [-0.2, 0) is 4.74 Å². The van der Waals surface area contributed by atoms with Crippen molar-refractivity contribution >= 4 is 0 Å². The molecule has 1 aliphatic rings. The van der Waals surface area contributed by atoms with E-state index in [9.17, 15) is 0 Å². The Morgan fingerprint density at radius 2 is 1.64 bits per heavy atom. The Labute approximate surface area is 69.1 Å². The van der Waals surface area contributed by atoms with E-state index in [1.807, 2.05) is 6.92 Å². The second-order valence-corrected chi connectivity index (χ2v) is 4.07. The monoisotopic (exact) mass is 152 g/mol. The summed E-state index contributed by atoms with van der Waals surface area (Å²) in [6, 6.07) is 0. The molecule has 0 bridgehead atoms. The van der Waals surface area contributed by atoms with Crippen molar-refractivity contribution in [2.24, 2.45) is 5.92 Å². The molecule has 1 atom stereocenters. The van der Waals surface area contributed by atoms with Crippen LogP contribution in [0.2, 0.25) is 0 Å². The molecule has 1 unspecified atom stereocenters. The number of epoxide rings is 1.